The predicted molar refractivity (Wildman–Crippen MR) is 65.0 cm³/mol. The monoisotopic (exact) mass is 241 g/mol. The van der Waals surface area contributed by atoms with Gasteiger partial charge in [-0.1, -0.05) is 6.92 Å². The topological polar surface area (TPSA) is 49.8 Å². The van der Waals surface area contributed by atoms with E-state index in [9.17, 15) is 4.79 Å². The number of carboxylic acids is 1. The van der Waals surface area contributed by atoms with E-state index in [-0.39, 0.29) is 6.10 Å². The summed E-state index contributed by atoms with van der Waals surface area (Å²) < 4.78 is 5.57. The van der Waals surface area contributed by atoms with Crippen LogP contribution in [0.5, 0.6) is 0 Å². The Labute approximate surface area is 103 Å². The van der Waals surface area contributed by atoms with Crippen molar-refractivity contribution in [2.45, 2.75) is 57.8 Å². The van der Waals surface area contributed by atoms with Gasteiger partial charge in [0.25, 0.3) is 0 Å². The number of likely N-dealkylation sites (tertiary alicyclic amines) is 1. The highest BCUT2D eigenvalue weighted by Gasteiger charge is 2.33. The van der Waals surface area contributed by atoms with E-state index in [0.29, 0.717) is 12.5 Å². The first-order chi connectivity index (χ1) is 8.08. The summed E-state index contributed by atoms with van der Waals surface area (Å²) in [6.07, 6.45) is 3.65. The lowest BCUT2D eigenvalue weighted by Crippen LogP contribution is -2.46. The molecule has 0 amide bonds. The first-order valence-corrected chi connectivity index (χ1v) is 6.70. The van der Waals surface area contributed by atoms with Gasteiger partial charge < -0.3 is 9.84 Å². The van der Waals surface area contributed by atoms with Crippen molar-refractivity contribution in [1.82, 2.24) is 4.90 Å². The van der Waals surface area contributed by atoms with Gasteiger partial charge in [0.1, 0.15) is 0 Å². The molecule has 17 heavy (non-hydrogen) atoms. The fourth-order valence-electron chi connectivity index (χ4n) is 2.96. The van der Waals surface area contributed by atoms with Crippen LogP contribution in [-0.2, 0) is 9.53 Å². The molecule has 0 spiro atoms. The van der Waals surface area contributed by atoms with Crippen LogP contribution in [0.25, 0.3) is 0 Å². The Morgan fingerprint density at radius 2 is 2.12 bits per heavy atom. The third-order valence-corrected chi connectivity index (χ3v) is 4.33. The highest BCUT2D eigenvalue weighted by atomic mass is 16.5. The number of carboxylic acid groups (broad SMARTS) is 1. The first-order valence-electron chi connectivity index (χ1n) is 6.70. The molecule has 2 aliphatic heterocycles. The van der Waals surface area contributed by atoms with Gasteiger partial charge in [0.2, 0.25) is 0 Å². The van der Waals surface area contributed by atoms with Gasteiger partial charge in [-0.05, 0) is 45.1 Å². The summed E-state index contributed by atoms with van der Waals surface area (Å²) in [5, 5.41) is 8.89. The van der Waals surface area contributed by atoms with Gasteiger partial charge in [-0.15, -0.1) is 0 Å². The van der Waals surface area contributed by atoms with Gasteiger partial charge in [-0.3, -0.25) is 4.90 Å². The van der Waals surface area contributed by atoms with Crippen LogP contribution in [-0.4, -0.2) is 47.3 Å². The first kappa shape index (κ1) is 12.8. The lowest BCUT2D eigenvalue weighted by atomic mass is 9.92. The summed E-state index contributed by atoms with van der Waals surface area (Å²) in [6, 6.07) is 0.594. The molecule has 0 aromatic rings. The molecule has 2 rings (SSSR count). The third kappa shape index (κ3) is 2.99. The zero-order chi connectivity index (χ0) is 12.4. The summed E-state index contributed by atoms with van der Waals surface area (Å²) in [5.74, 6) is -0.0759. The summed E-state index contributed by atoms with van der Waals surface area (Å²) >= 11 is 0. The number of carbonyl (C=O) groups is 1. The number of aliphatic carboxylic acids is 1. The molecule has 0 saturated carbocycles. The van der Waals surface area contributed by atoms with Crippen molar-refractivity contribution in [1.29, 1.82) is 0 Å². The van der Waals surface area contributed by atoms with Crippen molar-refractivity contribution in [3.05, 3.63) is 0 Å². The molecule has 0 bridgehead atoms. The molecule has 98 valence electrons. The van der Waals surface area contributed by atoms with Crippen molar-refractivity contribution in [3.8, 4) is 0 Å². The molecule has 0 aromatic carbocycles. The van der Waals surface area contributed by atoms with Crippen LogP contribution in [0.4, 0.5) is 0 Å². The maximum Gasteiger partial charge on any atom is 0.332 e. The summed E-state index contributed by atoms with van der Waals surface area (Å²) in [7, 11) is 0. The SMILES string of the molecule is CC1CCCN(C[C@H]2CC[C@@H](C(=O)O)O2)C1C. The Morgan fingerprint density at radius 1 is 1.35 bits per heavy atom. The highest BCUT2D eigenvalue weighted by Crippen LogP contribution is 2.26. The predicted octanol–water partition coefficient (Wildman–Crippen LogP) is 1.74. The van der Waals surface area contributed by atoms with Crippen LogP contribution < -0.4 is 0 Å². The second kappa shape index (κ2) is 5.36. The van der Waals surface area contributed by atoms with Crippen LogP contribution >= 0.6 is 0 Å². The number of nitrogens with zero attached hydrogens (tertiary/aromatic N) is 1. The van der Waals surface area contributed by atoms with E-state index in [4.69, 9.17) is 9.84 Å². The molecular weight excluding hydrogens is 218 g/mol. The minimum Gasteiger partial charge on any atom is -0.479 e. The highest BCUT2D eigenvalue weighted by molar-refractivity contribution is 5.72. The van der Waals surface area contributed by atoms with E-state index < -0.39 is 12.1 Å². The van der Waals surface area contributed by atoms with Crippen LogP contribution in [0.2, 0.25) is 0 Å². The molecule has 0 radical (unpaired) electrons. The Balaban J connectivity index is 1.83. The Morgan fingerprint density at radius 3 is 2.76 bits per heavy atom. The Bertz CT molecular complexity index is 282. The van der Waals surface area contributed by atoms with E-state index in [1.165, 1.54) is 12.8 Å². The zero-order valence-electron chi connectivity index (χ0n) is 10.8. The lowest BCUT2D eigenvalue weighted by Gasteiger charge is -2.39. The molecule has 4 atom stereocenters. The fourth-order valence-corrected chi connectivity index (χ4v) is 2.96. The van der Waals surface area contributed by atoms with Crippen molar-refractivity contribution in [3.63, 3.8) is 0 Å². The van der Waals surface area contributed by atoms with Crippen LogP contribution in [0.1, 0.15) is 39.5 Å². The normalized spacial score (nSPS) is 39.4. The number of piperidine rings is 1. The maximum absolute atomic E-state index is 10.8. The lowest BCUT2D eigenvalue weighted by molar-refractivity contribution is -0.150. The average Bonchev–Trinajstić information content (AvgIpc) is 2.73. The molecule has 2 heterocycles. The van der Waals surface area contributed by atoms with Gasteiger partial charge in [0.05, 0.1) is 6.10 Å². The van der Waals surface area contributed by atoms with Crippen molar-refractivity contribution < 1.29 is 14.6 Å². The quantitative estimate of drug-likeness (QED) is 0.817. The van der Waals surface area contributed by atoms with E-state index >= 15 is 0 Å². The fraction of sp³-hybridized carbons (Fsp3) is 0.923. The molecule has 4 nitrogen and oxygen atoms in total. The summed E-state index contributed by atoms with van der Waals surface area (Å²) in [6.45, 7) is 6.60. The third-order valence-electron chi connectivity index (χ3n) is 4.33. The number of hydrogen-bond donors (Lipinski definition) is 1. The second-order valence-electron chi connectivity index (χ2n) is 5.52. The van der Waals surface area contributed by atoms with Crippen molar-refractivity contribution in [2.24, 2.45) is 5.92 Å². The minimum absolute atomic E-state index is 0.115. The molecule has 2 fully saturated rings. The molecule has 0 aromatic heterocycles. The van der Waals surface area contributed by atoms with Crippen LogP contribution in [0.3, 0.4) is 0 Å². The van der Waals surface area contributed by atoms with Crippen molar-refractivity contribution in [2.75, 3.05) is 13.1 Å². The summed E-state index contributed by atoms with van der Waals surface area (Å²) in [4.78, 5) is 13.3. The largest absolute Gasteiger partial charge is 0.479 e. The number of rotatable bonds is 3. The average molecular weight is 241 g/mol. The number of hydrogen-bond acceptors (Lipinski definition) is 3. The van der Waals surface area contributed by atoms with Gasteiger partial charge >= 0.3 is 5.97 Å². The number of ether oxygens (including phenoxy) is 1. The molecule has 0 aliphatic carbocycles. The van der Waals surface area contributed by atoms with E-state index in [1.807, 2.05) is 0 Å². The molecule has 1 N–H and O–H groups in total. The Kier molecular flexibility index (Phi) is 4.05. The van der Waals surface area contributed by atoms with Crippen LogP contribution in [0, 0.1) is 5.92 Å². The van der Waals surface area contributed by atoms with Gasteiger partial charge in [0, 0.05) is 12.6 Å². The van der Waals surface area contributed by atoms with Crippen LogP contribution in [0.15, 0.2) is 0 Å². The molecule has 2 unspecified atom stereocenters. The minimum atomic E-state index is -0.812. The second-order valence-corrected chi connectivity index (χ2v) is 5.52. The molecule has 2 aliphatic rings. The van der Waals surface area contributed by atoms with Gasteiger partial charge in [-0.2, -0.15) is 0 Å². The van der Waals surface area contributed by atoms with E-state index in [1.54, 1.807) is 0 Å². The smallest absolute Gasteiger partial charge is 0.332 e. The maximum atomic E-state index is 10.8. The standard InChI is InChI=1S/C13H23NO3/c1-9-4-3-7-14(10(9)2)8-11-5-6-12(17-11)13(15)16/h9-12H,3-8H2,1-2H3,(H,15,16)/t9?,10?,11-,12+/m1/s1. The van der Waals surface area contributed by atoms with E-state index in [2.05, 4.69) is 18.7 Å². The van der Waals surface area contributed by atoms with E-state index in [0.717, 1.165) is 25.4 Å². The molecule has 2 saturated heterocycles. The van der Waals surface area contributed by atoms with Crippen molar-refractivity contribution >= 4 is 5.97 Å². The van der Waals surface area contributed by atoms with Gasteiger partial charge in [0.15, 0.2) is 6.10 Å². The molecule has 4 heteroatoms. The zero-order valence-corrected chi connectivity index (χ0v) is 10.8. The summed E-state index contributed by atoms with van der Waals surface area (Å²) in [5.41, 5.74) is 0. The Hall–Kier alpha value is -0.610. The van der Waals surface area contributed by atoms with Gasteiger partial charge in [-0.25, -0.2) is 4.79 Å². The molecular formula is C13H23NO3.